The molecule has 25 heavy (non-hydrogen) atoms. The van der Waals surface area contributed by atoms with Crippen LogP contribution in [0.25, 0.3) is 0 Å². The van der Waals surface area contributed by atoms with Crippen LogP contribution in [0.3, 0.4) is 0 Å². The van der Waals surface area contributed by atoms with Gasteiger partial charge in [-0.3, -0.25) is 4.79 Å². The van der Waals surface area contributed by atoms with Gasteiger partial charge < -0.3 is 15.3 Å². The lowest BCUT2D eigenvalue weighted by Crippen LogP contribution is -2.47. The quantitative estimate of drug-likeness (QED) is 0.794. The zero-order chi connectivity index (χ0) is 18.0. The fourth-order valence-electron chi connectivity index (χ4n) is 3.35. The van der Waals surface area contributed by atoms with E-state index >= 15 is 0 Å². The fraction of sp³-hybridized carbons (Fsp3) is 0.556. The van der Waals surface area contributed by atoms with Crippen LogP contribution in [0.15, 0.2) is 18.2 Å². The van der Waals surface area contributed by atoms with E-state index < -0.39 is 5.97 Å². The first-order valence-electron chi connectivity index (χ1n) is 8.68. The second-order valence-electron chi connectivity index (χ2n) is 6.90. The molecule has 5 nitrogen and oxygen atoms in total. The van der Waals surface area contributed by atoms with Crippen LogP contribution in [0.1, 0.15) is 44.1 Å². The number of amides is 2. The van der Waals surface area contributed by atoms with E-state index in [1.807, 2.05) is 0 Å². The average molecular weight is 385 g/mol. The number of nitrogens with zero attached hydrogens (tertiary/aromatic N) is 1. The smallest absolute Gasteiger partial charge is 0.318 e. The molecule has 3 rings (SSSR count). The van der Waals surface area contributed by atoms with Gasteiger partial charge in [0.25, 0.3) is 0 Å². The third kappa shape index (κ3) is 4.59. The van der Waals surface area contributed by atoms with Crippen LogP contribution in [-0.2, 0) is 11.3 Å². The molecule has 1 aromatic rings. The molecule has 2 N–H and O–H groups in total. The Morgan fingerprint density at radius 1 is 1.08 bits per heavy atom. The number of urea groups is 1. The maximum absolute atomic E-state index is 12.7. The lowest BCUT2D eigenvalue weighted by Gasteiger charge is -2.30. The van der Waals surface area contributed by atoms with Gasteiger partial charge in [-0.25, -0.2) is 4.79 Å². The Morgan fingerprint density at radius 3 is 2.20 bits per heavy atom. The van der Waals surface area contributed by atoms with Crippen molar-refractivity contribution in [3.8, 4) is 0 Å². The summed E-state index contributed by atoms with van der Waals surface area (Å²) in [5.41, 5.74) is 0.766. The number of nitrogens with one attached hydrogen (secondary N) is 1. The maximum atomic E-state index is 12.7. The Kier molecular flexibility index (Phi) is 5.74. The summed E-state index contributed by atoms with van der Waals surface area (Å²) in [5, 5.41) is 13.3. The summed E-state index contributed by atoms with van der Waals surface area (Å²) in [7, 11) is 0. The Labute approximate surface area is 157 Å². The van der Waals surface area contributed by atoms with Crippen molar-refractivity contribution in [1.82, 2.24) is 10.2 Å². The average Bonchev–Trinajstić information content (AvgIpc) is 3.40. The number of hydrogen-bond donors (Lipinski definition) is 2. The Balaban J connectivity index is 1.62. The zero-order valence-corrected chi connectivity index (χ0v) is 15.4. The predicted octanol–water partition coefficient (Wildman–Crippen LogP) is 4.31. The van der Waals surface area contributed by atoms with E-state index in [1.165, 1.54) is 0 Å². The molecule has 0 atom stereocenters. The van der Waals surface area contributed by atoms with E-state index in [1.54, 1.807) is 23.1 Å². The largest absolute Gasteiger partial charge is 0.481 e. The van der Waals surface area contributed by atoms with Gasteiger partial charge in [0.05, 0.1) is 12.5 Å². The molecule has 136 valence electrons. The first kappa shape index (κ1) is 18.3. The molecular formula is C18H22Cl2N2O3. The first-order valence-corrected chi connectivity index (χ1v) is 9.44. The minimum absolute atomic E-state index is 0.0334. The lowest BCUT2D eigenvalue weighted by molar-refractivity contribution is -0.142. The van der Waals surface area contributed by atoms with E-state index in [-0.39, 0.29) is 24.0 Å². The molecule has 2 aliphatic carbocycles. The first-order chi connectivity index (χ1) is 12.0. The molecule has 0 unspecified atom stereocenters. The molecule has 2 aliphatic rings. The number of halogens is 2. The second-order valence-corrected chi connectivity index (χ2v) is 7.71. The van der Waals surface area contributed by atoms with Gasteiger partial charge in [-0.05, 0) is 50.7 Å². The molecule has 0 saturated heterocycles. The van der Waals surface area contributed by atoms with E-state index in [4.69, 9.17) is 28.3 Å². The number of carboxylic acids is 1. The number of carbonyl (C=O) groups excluding carboxylic acids is 1. The van der Waals surface area contributed by atoms with Gasteiger partial charge in [-0.2, -0.15) is 0 Å². The fourth-order valence-corrected chi connectivity index (χ4v) is 3.87. The number of benzene rings is 1. The van der Waals surface area contributed by atoms with Crippen molar-refractivity contribution in [3.63, 3.8) is 0 Å². The summed E-state index contributed by atoms with van der Waals surface area (Å²) in [6.45, 7) is 0.388. The van der Waals surface area contributed by atoms with Gasteiger partial charge in [0.2, 0.25) is 0 Å². The standard InChI is InChI=1S/C18H22Cl2N2O3/c19-15-2-1-3-16(20)14(15)10-22(13-8-9-13)18(25)21-12-6-4-11(5-7-12)17(23)24/h1-3,11-13H,4-10H2,(H,21,25)(H,23,24). The van der Waals surface area contributed by atoms with Crippen LogP contribution in [0.5, 0.6) is 0 Å². The number of aliphatic carboxylic acids is 1. The topological polar surface area (TPSA) is 69.6 Å². The Hall–Kier alpha value is -1.46. The second kappa shape index (κ2) is 7.83. The van der Waals surface area contributed by atoms with Crippen molar-refractivity contribution < 1.29 is 14.7 Å². The summed E-state index contributed by atoms with van der Waals surface area (Å²) < 4.78 is 0. The highest BCUT2D eigenvalue weighted by Gasteiger charge is 2.35. The summed E-state index contributed by atoms with van der Waals surface area (Å²) in [5.74, 6) is -1.02. The molecule has 0 radical (unpaired) electrons. The highest BCUT2D eigenvalue weighted by atomic mass is 35.5. The zero-order valence-electron chi connectivity index (χ0n) is 13.9. The minimum atomic E-state index is -0.738. The summed E-state index contributed by atoms with van der Waals surface area (Å²) in [6, 6.07) is 5.49. The van der Waals surface area contributed by atoms with Crippen LogP contribution >= 0.6 is 23.2 Å². The Morgan fingerprint density at radius 2 is 1.68 bits per heavy atom. The van der Waals surface area contributed by atoms with E-state index in [2.05, 4.69) is 5.32 Å². The van der Waals surface area contributed by atoms with E-state index in [0.717, 1.165) is 18.4 Å². The van der Waals surface area contributed by atoms with Gasteiger partial charge in [0.15, 0.2) is 0 Å². The van der Waals surface area contributed by atoms with Crippen LogP contribution in [0.2, 0.25) is 10.0 Å². The van der Waals surface area contributed by atoms with Gasteiger partial charge in [-0.15, -0.1) is 0 Å². The van der Waals surface area contributed by atoms with Gasteiger partial charge in [-0.1, -0.05) is 29.3 Å². The summed E-state index contributed by atoms with van der Waals surface area (Å²) in [4.78, 5) is 25.6. The van der Waals surface area contributed by atoms with Crippen molar-refractivity contribution in [3.05, 3.63) is 33.8 Å². The van der Waals surface area contributed by atoms with Gasteiger partial charge in [0.1, 0.15) is 0 Å². The molecule has 2 saturated carbocycles. The third-order valence-corrected chi connectivity index (χ3v) is 5.75. The highest BCUT2D eigenvalue weighted by molar-refractivity contribution is 6.36. The molecule has 1 aromatic carbocycles. The number of carboxylic acid groups (broad SMARTS) is 1. The molecule has 2 fully saturated rings. The third-order valence-electron chi connectivity index (χ3n) is 5.04. The SMILES string of the molecule is O=C(O)C1CCC(NC(=O)N(Cc2c(Cl)cccc2Cl)C2CC2)CC1. The van der Waals surface area contributed by atoms with Crippen LogP contribution < -0.4 is 5.32 Å². The number of hydrogen-bond acceptors (Lipinski definition) is 2. The number of carbonyl (C=O) groups is 2. The maximum Gasteiger partial charge on any atom is 0.318 e. The molecule has 2 amide bonds. The highest BCUT2D eigenvalue weighted by Crippen LogP contribution is 2.33. The van der Waals surface area contributed by atoms with Crippen molar-refractivity contribution >= 4 is 35.2 Å². The van der Waals surface area contributed by atoms with Crippen LogP contribution in [-0.4, -0.2) is 34.1 Å². The van der Waals surface area contributed by atoms with Crippen molar-refractivity contribution in [2.45, 2.75) is 57.2 Å². The number of rotatable bonds is 5. The monoisotopic (exact) mass is 384 g/mol. The van der Waals surface area contributed by atoms with Gasteiger partial charge >= 0.3 is 12.0 Å². The van der Waals surface area contributed by atoms with Crippen LogP contribution in [0.4, 0.5) is 4.79 Å². The molecule has 0 bridgehead atoms. The van der Waals surface area contributed by atoms with Crippen molar-refractivity contribution in [2.75, 3.05) is 0 Å². The molecule has 7 heteroatoms. The molecule has 0 spiro atoms. The molecule has 0 heterocycles. The molecular weight excluding hydrogens is 363 g/mol. The molecule has 0 aromatic heterocycles. The van der Waals surface area contributed by atoms with E-state index in [0.29, 0.717) is 42.3 Å². The van der Waals surface area contributed by atoms with Crippen molar-refractivity contribution in [2.24, 2.45) is 5.92 Å². The summed E-state index contributed by atoms with van der Waals surface area (Å²) in [6.07, 6.45) is 4.60. The Bertz CT molecular complexity index is 635. The lowest BCUT2D eigenvalue weighted by atomic mass is 9.86. The predicted molar refractivity (Wildman–Crippen MR) is 96.9 cm³/mol. The van der Waals surface area contributed by atoms with Crippen LogP contribution in [0, 0.1) is 5.92 Å². The van der Waals surface area contributed by atoms with Crippen molar-refractivity contribution in [1.29, 1.82) is 0 Å². The minimum Gasteiger partial charge on any atom is -0.481 e. The summed E-state index contributed by atoms with van der Waals surface area (Å²) >= 11 is 12.5. The molecule has 0 aliphatic heterocycles. The normalized spacial score (nSPS) is 23.1. The van der Waals surface area contributed by atoms with Gasteiger partial charge in [0, 0.05) is 27.7 Å². The van der Waals surface area contributed by atoms with E-state index in [9.17, 15) is 9.59 Å².